The first kappa shape index (κ1) is 24.9. The van der Waals surface area contributed by atoms with Gasteiger partial charge in [0.1, 0.15) is 4.21 Å². The van der Waals surface area contributed by atoms with Crippen LogP contribution in [0.3, 0.4) is 0 Å². The van der Waals surface area contributed by atoms with Gasteiger partial charge >= 0.3 is 0 Å². The van der Waals surface area contributed by atoms with Gasteiger partial charge in [0.05, 0.1) is 6.54 Å². The number of amides is 1. The molecule has 34 heavy (non-hydrogen) atoms. The molecule has 1 fully saturated rings. The Bertz CT molecular complexity index is 1220. The third kappa shape index (κ3) is 6.67. The number of piperidine rings is 1. The third-order valence-electron chi connectivity index (χ3n) is 5.87. The third-order valence-corrected chi connectivity index (χ3v) is 9.22. The van der Waals surface area contributed by atoms with Crippen molar-refractivity contribution in [3.63, 3.8) is 0 Å². The molecule has 1 aliphatic rings. The molecule has 180 valence electrons. The lowest BCUT2D eigenvalue weighted by atomic mass is 10.0. The van der Waals surface area contributed by atoms with Crippen LogP contribution in [0.4, 0.5) is 0 Å². The van der Waals surface area contributed by atoms with Crippen molar-refractivity contribution in [2.24, 2.45) is 0 Å². The molecule has 1 amide bonds. The molecule has 0 radical (unpaired) electrons. The number of carbonyl (C=O) groups excluding carboxylic acids is 1. The maximum atomic E-state index is 12.9. The fraction of sp³-hybridized carbons (Fsp3) is 0.320. The number of thiophene rings is 1. The topological polar surface area (TPSA) is 78.5 Å². The highest BCUT2D eigenvalue weighted by Crippen LogP contribution is 2.23. The second-order valence-corrected chi connectivity index (χ2v) is 12.1. The van der Waals surface area contributed by atoms with E-state index in [0.29, 0.717) is 10.6 Å². The number of nitrogens with one attached hydrogen (secondary N) is 2. The van der Waals surface area contributed by atoms with Crippen molar-refractivity contribution in [2.75, 3.05) is 13.1 Å². The zero-order valence-corrected chi connectivity index (χ0v) is 21.3. The van der Waals surface area contributed by atoms with Crippen molar-refractivity contribution in [1.29, 1.82) is 0 Å². The number of nitrogens with zero attached hydrogens (tertiary/aromatic N) is 1. The van der Waals surface area contributed by atoms with Crippen LogP contribution in [0.5, 0.6) is 0 Å². The molecule has 0 saturated carbocycles. The molecule has 1 aliphatic heterocycles. The molecule has 0 unspecified atom stereocenters. The standard InChI is InChI=1S/C25H28ClN3O3S2/c1-18-2-4-19(5-3-18)17-29-14-12-22(13-15-29)28-34(31,32)24-11-10-23(33-24)16-27-25(30)20-6-8-21(26)9-7-20/h2-11,22,28H,12-17H2,1H3,(H,27,30). The molecule has 6 nitrogen and oxygen atoms in total. The molecule has 0 aliphatic carbocycles. The van der Waals surface area contributed by atoms with Crippen LogP contribution in [0, 0.1) is 6.92 Å². The first-order valence-electron chi connectivity index (χ1n) is 11.2. The molecule has 2 N–H and O–H groups in total. The first-order valence-corrected chi connectivity index (χ1v) is 13.9. The zero-order valence-electron chi connectivity index (χ0n) is 19.0. The monoisotopic (exact) mass is 517 g/mol. The van der Waals surface area contributed by atoms with Gasteiger partial charge in [-0.2, -0.15) is 0 Å². The number of aryl methyl sites for hydroxylation is 1. The van der Waals surface area contributed by atoms with Crippen molar-refractivity contribution >= 4 is 38.9 Å². The Hall–Kier alpha value is -2.23. The Morgan fingerprint density at radius 2 is 1.71 bits per heavy atom. The number of hydrogen-bond donors (Lipinski definition) is 2. The maximum Gasteiger partial charge on any atom is 0.251 e. The maximum absolute atomic E-state index is 12.9. The molecule has 0 atom stereocenters. The van der Waals surface area contributed by atoms with Gasteiger partial charge in [-0.05, 0) is 61.7 Å². The van der Waals surface area contributed by atoms with E-state index in [9.17, 15) is 13.2 Å². The van der Waals surface area contributed by atoms with Crippen molar-refractivity contribution in [1.82, 2.24) is 14.9 Å². The van der Waals surface area contributed by atoms with E-state index >= 15 is 0 Å². The molecule has 0 bridgehead atoms. The molecule has 3 aromatic rings. The Labute approximate surface area is 210 Å². The summed E-state index contributed by atoms with van der Waals surface area (Å²) < 4.78 is 28.9. The van der Waals surface area contributed by atoms with Crippen LogP contribution >= 0.6 is 22.9 Å². The summed E-state index contributed by atoms with van der Waals surface area (Å²) in [6.07, 6.45) is 1.56. The largest absolute Gasteiger partial charge is 0.347 e. The van der Waals surface area contributed by atoms with Crippen LogP contribution in [0.15, 0.2) is 64.9 Å². The average molecular weight is 518 g/mol. The molecule has 2 heterocycles. The van der Waals surface area contributed by atoms with Crippen molar-refractivity contribution in [3.05, 3.63) is 87.3 Å². The minimum Gasteiger partial charge on any atom is -0.347 e. The quantitative estimate of drug-likeness (QED) is 0.458. The van der Waals surface area contributed by atoms with Crippen LogP contribution in [-0.2, 0) is 23.1 Å². The van der Waals surface area contributed by atoms with Gasteiger partial charge < -0.3 is 5.32 Å². The Morgan fingerprint density at radius 1 is 1.03 bits per heavy atom. The van der Waals surface area contributed by atoms with Crippen LogP contribution in [0.1, 0.15) is 39.2 Å². The smallest absolute Gasteiger partial charge is 0.251 e. The van der Waals surface area contributed by atoms with E-state index in [0.717, 1.165) is 37.4 Å². The lowest BCUT2D eigenvalue weighted by Crippen LogP contribution is -2.44. The van der Waals surface area contributed by atoms with Crippen molar-refractivity contribution < 1.29 is 13.2 Å². The summed E-state index contributed by atoms with van der Waals surface area (Å²) in [6.45, 7) is 4.94. The van der Waals surface area contributed by atoms with Gasteiger partial charge in [0, 0.05) is 41.1 Å². The molecular formula is C25H28ClN3O3S2. The summed E-state index contributed by atoms with van der Waals surface area (Å²) in [5.74, 6) is -0.231. The van der Waals surface area contributed by atoms with Gasteiger partial charge in [0.25, 0.3) is 5.91 Å². The van der Waals surface area contributed by atoms with Crippen LogP contribution < -0.4 is 10.0 Å². The van der Waals surface area contributed by atoms with Gasteiger partial charge in [0.15, 0.2) is 0 Å². The lowest BCUT2D eigenvalue weighted by molar-refractivity contribution is 0.0951. The molecule has 2 aromatic carbocycles. The van der Waals surface area contributed by atoms with E-state index in [1.165, 1.54) is 22.5 Å². The van der Waals surface area contributed by atoms with Gasteiger partial charge in [-0.25, -0.2) is 13.1 Å². The highest BCUT2D eigenvalue weighted by Gasteiger charge is 2.25. The number of benzene rings is 2. The highest BCUT2D eigenvalue weighted by molar-refractivity contribution is 7.91. The highest BCUT2D eigenvalue weighted by atomic mass is 35.5. The van der Waals surface area contributed by atoms with E-state index in [1.54, 1.807) is 36.4 Å². The Kier molecular flexibility index (Phi) is 8.06. The van der Waals surface area contributed by atoms with E-state index in [4.69, 9.17) is 11.6 Å². The van der Waals surface area contributed by atoms with Crippen LogP contribution in [-0.4, -0.2) is 38.4 Å². The van der Waals surface area contributed by atoms with E-state index in [2.05, 4.69) is 46.1 Å². The molecule has 1 saturated heterocycles. The molecular weight excluding hydrogens is 490 g/mol. The van der Waals surface area contributed by atoms with Crippen LogP contribution in [0.2, 0.25) is 5.02 Å². The number of carbonyl (C=O) groups is 1. The number of likely N-dealkylation sites (tertiary alicyclic amines) is 1. The Morgan fingerprint density at radius 3 is 2.38 bits per heavy atom. The van der Waals surface area contributed by atoms with Gasteiger partial charge in [-0.3, -0.25) is 9.69 Å². The van der Waals surface area contributed by atoms with Gasteiger partial charge in [0.2, 0.25) is 10.0 Å². The minimum absolute atomic E-state index is 0.0746. The SMILES string of the molecule is Cc1ccc(CN2CCC(NS(=O)(=O)c3ccc(CNC(=O)c4ccc(Cl)cc4)s3)CC2)cc1. The van der Waals surface area contributed by atoms with E-state index in [-0.39, 0.29) is 22.7 Å². The van der Waals surface area contributed by atoms with Crippen molar-refractivity contribution in [2.45, 2.75) is 43.1 Å². The summed E-state index contributed by atoms with van der Waals surface area (Å²) in [5.41, 5.74) is 3.03. The number of halogens is 1. The normalized spacial score (nSPS) is 15.4. The first-order chi connectivity index (χ1) is 16.3. The summed E-state index contributed by atoms with van der Waals surface area (Å²) in [4.78, 5) is 15.4. The summed E-state index contributed by atoms with van der Waals surface area (Å²) in [7, 11) is -3.59. The predicted octanol–water partition coefficient (Wildman–Crippen LogP) is 4.58. The van der Waals surface area contributed by atoms with Gasteiger partial charge in [-0.1, -0.05) is 41.4 Å². The van der Waals surface area contributed by atoms with Crippen molar-refractivity contribution in [3.8, 4) is 0 Å². The minimum atomic E-state index is -3.59. The predicted molar refractivity (Wildman–Crippen MR) is 137 cm³/mol. The summed E-state index contributed by atoms with van der Waals surface area (Å²) in [5, 5.41) is 3.38. The Balaban J connectivity index is 1.26. The van der Waals surface area contributed by atoms with Crippen LogP contribution in [0.25, 0.3) is 0 Å². The number of rotatable bonds is 8. The number of sulfonamides is 1. The average Bonchev–Trinajstić information content (AvgIpc) is 3.31. The fourth-order valence-electron chi connectivity index (χ4n) is 3.91. The van der Waals surface area contributed by atoms with Gasteiger partial charge in [-0.15, -0.1) is 11.3 Å². The summed E-state index contributed by atoms with van der Waals surface area (Å²) in [6, 6.07) is 18.4. The zero-order chi connectivity index (χ0) is 24.1. The lowest BCUT2D eigenvalue weighted by Gasteiger charge is -2.32. The molecule has 4 rings (SSSR count). The van der Waals surface area contributed by atoms with E-state index in [1.807, 2.05) is 0 Å². The molecule has 0 spiro atoms. The molecule has 9 heteroatoms. The fourth-order valence-corrected chi connectivity index (χ4v) is 6.65. The number of hydrogen-bond acceptors (Lipinski definition) is 5. The summed E-state index contributed by atoms with van der Waals surface area (Å²) >= 11 is 7.03. The van der Waals surface area contributed by atoms with E-state index < -0.39 is 10.0 Å². The second-order valence-electron chi connectivity index (χ2n) is 8.57. The molecule has 1 aromatic heterocycles. The second kappa shape index (κ2) is 11.0.